The highest BCUT2D eigenvalue weighted by Crippen LogP contribution is 2.19. The lowest BCUT2D eigenvalue weighted by Crippen LogP contribution is -2.38. The molecule has 1 atom stereocenters. The summed E-state index contributed by atoms with van der Waals surface area (Å²) in [5, 5.41) is 2.49. The molecule has 0 radical (unpaired) electrons. The summed E-state index contributed by atoms with van der Waals surface area (Å²) in [5.41, 5.74) is 5.00. The predicted octanol–water partition coefficient (Wildman–Crippen LogP) is -0.448. The van der Waals surface area contributed by atoms with Gasteiger partial charge in [-0.25, -0.2) is 8.78 Å². The first-order valence-corrected chi connectivity index (χ1v) is 2.47. The fraction of sp³-hybridized carbons (Fsp3) is 1.00. The average Bonchev–Trinajstić information content (AvgIpc) is 1.86. The summed E-state index contributed by atoms with van der Waals surface area (Å²) in [5.74, 6) is -2.68. The molecule has 1 saturated heterocycles. The Labute approximate surface area is 46.0 Å². The molecule has 1 aliphatic heterocycles. The minimum atomic E-state index is -2.68. The van der Waals surface area contributed by atoms with Gasteiger partial charge in [0.25, 0.3) is 5.92 Å². The van der Waals surface area contributed by atoms with Gasteiger partial charge < -0.3 is 11.1 Å². The molecule has 0 aromatic heterocycles. The molecule has 0 saturated carbocycles. The second-order valence-corrected chi connectivity index (χ2v) is 2.00. The number of nitrogens with two attached hydrogens (primary N) is 1. The molecule has 0 aliphatic carbocycles. The summed E-state index contributed by atoms with van der Waals surface area (Å²) >= 11 is 0. The van der Waals surface area contributed by atoms with Crippen LogP contribution in [0.5, 0.6) is 0 Å². The van der Waals surface area contributed by atoms with Crippen molar-refractivity contribution in [2.75, 3.05) is 13.1 Å². The third-order valence-corrected chi connectivity index (χ3v) is 1.27. The van der Waals surface area contributed by atoms with Crippen molar-refractivity contribution in [2.45, 2.75) is 12.0 Å². The lowest BCUT2D eigenvalue weighted by atomic mass is 10.2. The lowest BCUT2D eigenvalue weighted by molar-refractivity contribution is 0.00814. The largest absolute Gasteiger partial charge is 0.322 e. The van der Waals surface area contributed by atoms with Crippen molar-refractivity contribution >= 4 is 0 Å². The Morgan fingerprint density at radius 3 is 2.38 bits per heavy atom. The van der Waals surface area contributed by atoms with Gasteiger partial charge >= 0.3 is 0 Å². The second-order valence-electron chi connectivity index (χ2n) is 2.00. The van der Waals surface area contributed by atoms with E-state index in [2.05, 4.69) is 5.32 Å². The van der Waals surface area contributed by atoms with Gasteiger partial charge in [0.2, 0.25) is 0 Å². The fourth-order valence-corrected chi connectivity index (χ4v) is 0.675. The van der Waals surface area contributed by atoms with Crippen LogP contribution in [0.2, 0.25) is 0 Å². The zero-order chi connectivity index (χ0) is 6.20. The summed E-state index contributed by atoms with van der Waals surface area (Å²) < 4.78 is 24.3. The smallest absolute Gasteiger partial charge is 0.276 e. The van der Waals surface area contributed by atoms with E-state index in [1.54, 1.807) is 0 Å². The molecule has 0 aromatic rings. The summed E-state index contributed by atoms with van der Waals surface area (Å²) in [6, 6.07) is -0.984. The van der Waals surface area contributed by atoms with Gasteiger partial charge in [-0.05, 0) is 0 Å². The van der Waals surface area contributed by atoms with Gasteiger partial charge in [-0.3, -0.25) is 0 Å². The molecular formula is C4H8F2N2. The first-order chi connectivity index (χ1) is 3.63. The average molecular weight is 122 g/mol. The number of hydrogen-bond donors (Lipinski definition) is 2. The van der Waals surface area contributed by atoms with Crippen LogP contribution < -0.4 is 11.1 Å². The van der Waals surface area contributed by atoms with Crippen molar-refractivity contribution in [1.82, 2.24) is 5.32 Å². The molecule has 0 bridgehead atoms. The number of hydrogen-bond acceptors (Lipinski definition) is 2. The van der Waals surface area contributed by atoms with Crippen LogP contribution in [-0.4, -0.2) is 25.1 Å². The van der Waals surface area contributed by atoms with E-state index < -0.39 is 12.0 Å². The summed E-state index contributed by atoms with van der Waals surface area (Å²) in [6.45, 7) is -0.0405. The van der Waals surface area contributed by atoms with Crippen LogP contribution >= 0.6 is 0 Å². The highest BCUT2D eigenvalue weighted by atomic mass is 19.3. The van der Waals surface area contributed by atoms with Crippen molar-refractivity contribution in [3.05, 3.63) is 0 Å². The monoisotopic (exact) mass is 122 g/mol. The van der Waals surface area contributed by atoms with Crippen molar-refractivity contribution in [2.24, 2.45) is 5.73 Å². The first-order valence-electron chi connectivity index (χ1n) is 2.47. The van der Waals surface area contributed by atoms with Crippen LogP contribution in [0, 0.1) is 0 Å². The van der Waals surface area contributed by atoms with Gasteiger partial charge in [-0.2, -0.15) is 0 Å². The third kappa shape index (κ3) is 0.809. The lowest BCUT2D eigenvalue weighted by Gasteiger charge is -2.10. The van der Waals surface area contributed by atoms with Crippen LogP contribution in [-0.2, 0) is 0 Å². The quantitative estimate of drug-likeness (QED) is 0.456. The van der Waals surface area contributed by atoms with Gasteiger partial charge in [0.1, 0.15) is 0 Å². The van der Waals surface area contributed by atoms with E-state index in [1.165, 1.54) is 0 Å². The Kier molecular flexibility index (Phi) is 1.21. The van der Waals surface area contributed by atoms with Crippen LogP contribution in [0.3, 0.4) is 0 Å². The highest BCUT2D eigenvalue weighted by molar-refractivity contribution is 4.90. The maximum Gasteiger partial charge on any atom is 0.276 e. The molecule has 3 N–H and O–H groups in total. The van der Waals surface area contributed by atoms with Gasteiger partial charge in [-0.15, -0.1) is 0 Å². The fourth-order valence-electron chi connectivity index (χ4n) is 0.675. The first kappa shape index (κ1) is 5.91. The third-order valence-electron chi connectivity index (χ3n) is 1.27. The van der Waals surface area contributed by atoms with Crippen LogP contribution in [0.25, 0.3) is 0 Å². The van der Waals surface area contributed by atoms with Gasteiger partial charge in [-0.1, -0.05) is 0 Å². The van der Waals surface area contributed by atoms with Crippen LogP contribution in [0.1, 0.15) is 0 Å². The molecule has 1 rings (SSSR count). The summed E-state index contributed by atoms with van der Waals surface area (Å²) in [6.07, 6.45) is 0. The Hall–Kier alpha value is -0.220. The Balaban J connectivity index is 2.54. The SMILES string of the molecule is N[C@H]1CNCC1(F)F. The normalized spacial score (nSPS) is 35.6. The number of nitrogens with one attached hydrogen (secondary N) is 1. The van der Waals surface area contributed by atoms with E-state index in [4.69, 9.17) is 5.73 Å². The molecule has 48 valence electrons. The molecule has 0 spiro atoms. The maximum absolute atomic E-state index is 12.2. The predicted molar refractivity (Wildman–Crippen MR) is 25.8 cm³/mol. The Bertz CT molecular complexity index is 94.0. The second kappa shape index (κ2) is 1.63. The summed E-state index contributed by atoms with van der Waals surface area (Å²) in [7, 11) is 0. The van der Waals surface area contributed by atoms with E-state index in [-0.39, 0.29) is 13.1 Å². The van der Waals surface area contributed by atoms with Crippen molar-refractivity contribution in [1.29, 1.82) is 0 Å². The zero-order valence-electron chi connectivity index (χ0n) is 4.32. The summed E-state index contributed by atoms with van der Waals surface area (Å²) in [4.78, 5) is 0. The number of alkyl halides is 2. The molecule has 1 fully saturated rings. The number of rotatable bonds is 0. The molecule has 8 heavy (non-hydrogen) atoms. The standard InChI is InChI=1S/C4H8F2N2/c5-4(6)2-8-1-3(4)7/h3,8H,1-2,7H2/t3-/m0/s1. The Morgan fingerprint density at radius 2 is 2.25 bits per heavy atom. The molecule has 0 aromatic carbocycles. The molecule has 2 nitrogen and oxygen atoms in total. The van der Waals surface area contributed by atoms with E-state index in [1.807, 2.05) is 0 Å². The zero-order valence-corrected chi connectivity index (χ0v) is 4.32. The van der Waals surface area contributed by atoms with E-state index in [0.717, 1.165) is 0 Å². The minimum Gasteiger partial charge on any atom is -0.322 e. The molecule has 1 aliphatic rings. The highest BCUT2D eigenvalue weighted by Gasteiger charge is 2.41. The van der Waals surface area contributed by atoms with Gasteiger partial charge in [0, 0.05) is 6.54 Å². The van der Waals surface area contributed by atoms with Crippen molar-refractivity contribution in [3.8, 4) is 0 Å². The molecule has 0 unspecified atom stereocenters. The molecule has 4 heteroatoms. The van der Waals surface area contributed by atoms with E-state index in [9.17, 15) is 8.78 Å². The van der Waals surface area contributed by atoms with Crippen molar-refractivity contribution in [3.63, 3.8) is 0 Å². The van der Waals surface area contributed by atoms with Gasteiger partial charge in [0.15, 0.2) is 0 Å². The maximum atomic E-state index is 12.2. The van der Waals surface area contributed by atoms with E-state index in [0.29, 0.717) is 0 Å². The minimum absolute atomic E-state index is 0.229. The van der Waals surface area contributed by atoms with Crippen LogP contribution in [0.4, 0.5) is 8.78 Å². The molecular weight excluding hydrogens is 114 g/mol. The van der Waals surface area contributed by atoms with Crippen LogP contribution in [0.15, 0.2) is 0 Å². The number of halogens is 2. The van der Waals surface area contributed by atoms with E-state index >= 15 is 0 Å². The Morgan fingerprint density at radius 1 is 1.62 bits per heavy atom. The molecule has 1 heterocycles. The topological polar surface area (TPSA) is 38.0 Å². The van der Waals surface area contributed by atoms with Gasteiger partial charge in [0.05, 0.1) is 12.6 Å². The van der Waals surface area contributed by atoms with Crippen molar-refractivity contribution < 1.29 is 8.78 Å². The molecule has 0 amide bonds.